The van der Waals surface area contributed by atoms with Crippen LogP contribution in [0.25, 0.3) is 0 Å². The van der Waals surface area contributed by atoms with E-state index in [4.69, 9.17) is 16.7 Å². The van der Waals surface area contributed by atoms with Crippen molar-refractivity contribution in [2.75, 3.05) is 19.7 Å². The van der Waals surface area contributed by atoms with Crippen molar-refractivity contribution in [2.24, 2.45) is 0 Å². The molecule has 0 aliphatic rings. The minimum absolute atomic E-state index is 0.0270. The Morgan fingerprint density at radius 3 is 2.63 bits per heavy atom. The van der Waals surface area contributed by atoms with Crippen LogP contribution in [0.5, 0.6) is 0 Å². The second kappa shape index (κ2) is 7.19. The standard InChI is InChI=1S/C12H17ClFNO3S/c1-2-3-6-15(7-8-16)19(17,18)12-9-10(14)4-5-11(12)13/h4-5,9,16H,2-3,6-8H2,1H3. The van der Waals surface area contributed by atoms with Gasteiger partial charge in [-0.25, -0.2) is 12.8 Å². The van der Waals surface area contributed by atoms with Crippen molar-refractivity contribution in [1.82, 2.24) is 4.31 Å². The zero-order valence-corrected chi connectivity index (χ0v) is 12.2. The maximum atomic E-state index is 13.2. The summed E-state index contributed by atoms with van der Waals surface area (Å²) in [5.41, 5.74) is 0. The van der Waals surface area contributed by atoms with Gasteiger partial charge in [0.05, 0.1) is 11.6 Å². The zero-order chi connectivity index (χ0) is 14.5. The maximum absolute atomic E-state index is 13.2. The molecule has 0 aliphatic heterocycles. The summed E-state index contributed by atoms with van der Waals surface area (Å²) in [5.74, 6) is -0.664. The lowest BCUT2D eigenvalue weighted by Gasteiger charge is -2.21. The summed E-state index contributed by atoms with van der Waals surface area (Å²) in [6, 6.07) is 3.21. The summed E-state index contributed by atoms with van der Waals surface area (Å²) in [6.45, 7) is 1.87. The van der Waals surface area contributed by atoms with Gasteiger partial charge in [0.15, 0.2) is 0 Å². The SMILES string of the molecule is CCCCN(CCO)S(=O)(=O)c1cc(F)ccc1Cl. The average molecular weight is 310 g/mol. The molecule has 0 heterocycles. The van der Waals surface area contributed by atoms with Gasteiger partial charge in [0.25, 0.3) is 0 Å². The van der Waals surface area contributed by atoms with Gasteiger partial charge in [-0.2, -0.15) is 4.31 Å². The monoisotopic (exact) mass is 309 g/mol. The molecule has 0 unspecified atom stereocenters. The quantitative estimate of drug-likeness (QED) is 0.840. The van der Waals surface area contributed by atoms with Crippen molar-refractivity contribution < 1.29 is 17.9 Å². The summed E-state index contributed by atoms with van der Waals surface area (Å²) in [7, 11) is -3.89. The van der Waals surface area contributed by atoms with Gasteiger partial charge in [-0.05, 0) is 24.6 Å². The predicted molar refractivity (Wildman–Crippen MR) is 72.2 cm³/mol. The van der Waals surface area contributed by atoms with Crippen LogP contribution in [0, 0.1) is 5.82 Å². The third-order valence-electron chi connectivity index (χ3n) is 2.62. The van der Waals surface area contributed by atoms with Crippen molar-refractivity contribution in [3.05, 3.63) is 29.0 Å². The Hall–Kier alpha value is -0.690. The van der Waals surface area contributed by atoms with E-state index in [-0.39, 0.29) is 29.6 Å². The number of hydrogen-bond donors (Lipinski definition) is 1. The van der Waals surface area contributed by atoms with Crippen molar-refractivity contribution in [3.63, 3.8) is 0 Å². The molecule has 7 heteroatoms. The number of nitrogens with zero attached hydrogens (tertiary/aromatic N) is 1. The molecule has 0 saturated carbocycles. The minimum atomic E-state index is -3.89. The summed E-state index contributed by atoms with van der Waals surface area (Å²) < 4.78 is 39.0. The Labute approximate surface area is 117 Å². The van der Waals surface area contributed by atoms with Gasteiger partial charge in [-0.1, -0.05) is 24.9 Å². The van der Waals surface area contributed by atoms with Crippen LogP contribution in [0.15, 0.2) is 23.1 Å². The van der Waals surface area contributed by atoms with Crippen LogP contribution in [0.1, 0.15) is 19.8 Å². The average Bonchev–Trinajstić information content (AvgIpc) is 2.37. The molecule has 1 aromatic carbocycles. The number of aliphatic hydroxyl groups is 1. The molecule has 0 bridgehead atoms. The summed E-state index contributed by atoms with van der Waals surface area (Å²) in [6.07, 6.45) is 1.47. The molecule has 108 valence electrons. The summed E-state index contributed by atoms with van der Waals surface area (Å²) in [5, 5.41) is 8.93. The van der Waals surface area contributed by atoms with E-state index in [2.05, 4.69) is 0 Å². The van der Waals surface area contributed by atoms with Crippen molar-refractivity contribution >= 4 is 21.6 Å². The maximum Gasteiger partial charge on any atom is 0.244 e. The number of benzene rings is 1. The fraction of sp³-hybridized carbons (Fsp3) is 0.500. The van der Waals surface area contributed by atoms with Crippen LogP contribution < -0.4 is 0 Å². The van der Waals surface area contributed by atoms with Gasteiger partial charge in [0, 0.05) is 13.1 Å². The summed E-state index contributed by atoms with van der Waals surface area (Å²) in [4.78, 5) is -0.265. The third-order valence-corrected chi connectivity index (χ3v) is 5.00. The largest absolute Gasteiger partial charge is 0.395 e. The predicted octanol–water partition coefficient (Wildman–Crippen LogP) is 2.26. The van der Waals surface area contributed by atoms with E-state index in [0.717, 1.165) is 22.9 Å². The second-order valence-corrected chi connectivity index (χ2v) is 6.37. The molecule has 0 spiro atoms. The van der Waals surface area contributed by atoms with Crippen molar-refractivity contribution in [1.29, 1.82) is 0 Å². The molecule has 0 saturated heterocycles. The van der Waals surface area contributed by atoms with E-state index in [1.54, 1.807) is 0 Å². The molecular weight excluding hydrogens is 293 g/mol. The first-order valence-electron chi connectivity index (χ1n) is 5.99. The lowest BCUT2D eigenvalue weighted by molar-refractivity contribution is 0.252. The Kier molecular flexibility index (Phi) is 6.19. The van der Waals surface area contributed by atoms with Gasteiger partial charge < -0.3 is 5.11 Å². The highest BCUT2D eigenvalue weighted by atomic mass is 35.5. The molecule has 1 aromatic rings. The molecule has 0 atom stereocenters. The van der Waals surface area contributed by atoms with Crippen LogP contribution >= 0.6 is 11.6 Å². The lowest BCUT2D eigenvalue weighted by atomic mass is 10.3. The normalized spacial score (nSPS) is 12.1. The highest BCUT2D eigenvalue weighted by molar-refractivity contribution is 7.89. The molecule has 19 heavy (non-hydrogen) atoms. The molecule has 4 nitrogen and oxygen atoms in total. The Morgan fingerprint density at radius 1 is 1.37 bits per heavy atom. The van der Waals surface area contributed by atoms with E-state index >= 15 is 0 Å². The van der Waals surface area contributed by atoms with Gasteiger partial charge in [0.1, 0.15) is 10.7 Å². The van der Waals surface area contributed by atoms with E-state index in [0.29, 0.717) is 6.42 Å². The number of sulfonamides is 1. The van der Waals surface area contributed by atoms with E-state index < -0.39 is 15.8 Å². The van der Waals surface area contributed by atoms with Crippen LogP contribution in [0.2, 0.25) is 5.02 Å². The molecule has 0 aromatic heterocycles. The van der Waals surface area contributed by atoms with Crippen LogP contribution in [-0.4, -0.2) is 37.5 Å². The molecule has 0 amide bonds. The first kappa shape index (κ1) is 16.4. The zero-order valence-electron chi connectivity index (χ0n) is 10.6. The highest BCUT2D eigenvalue weighted by Crippen LogP contribution is 2.25. The van der Waals surface area contributed by atoms with Crippen LogP contribution in [-0.2, 0) is 10.0 Å². The first-order valence-corrected chi connectivity index (χ1v) is 7.81. The molecule has 0 radical (unpaired) electrons. The Morgan fingerprint density at radius 2 is 2.05 bits per heavy atom. The Bertz CT molecular complexity index is 522. The number of unbranched alkanes of at least 4 members (excludes halogenated alkanes) is 1. The van der Waals surface area contributed by atoms with Crippen molar-refractivity contribution in [3.8, 4) is 0 Å². The fourth-order valence-electron chi connectivity index (χ4n) is 1.61. The number of rotatable bonds is 7. The molecular formula is C12H17ClFNO3S. The number of hydrogen-bond acceptors (Lipinski definition) is 3. The van der Waals surface area contributed by atoms with Crippen LogP contribution in [0.4, 0.5) is 4.39 Å². The smallest absolute Gasteiger partial charge is 0.244 e. The van der Waals surface area contributed by atoms with E-state index in [1.165, 1.54) is 6.07 Å². The van der Waals surface area contributed by atoms with E-state index in [1.807, 2.05) is 6.92 Å². The third kappa shape index (κ3) is 4.14. The lowest BCUT2D eigenvalue weighted by Crippen LogP contribution is -2.34. The first-order chi connectivity index (χ1) is 8.93. The van der Waals surface area contributed by atoms with Gasteiger partial charge in [-0.15, -0.1) is 0 Å². The summed E-state index contributed by atoms with van der Waals surface area (Å²) >= 11 is 5.82. The molecule has 1 rings (SSSR count). The number of halogens is 2. The molecule has 1 N–H and O–H groups in total. The van der Waals surface area contributed by atoms with Gasteiger partial charge in [0.2, 0.25) is 10.0 Å². The van der Waals surface area contributed by atoms with Crippen LogP contribution in [0.3, 0.4) is 0 Å². The van der Waals surface area contributed by atoms with Gasteiger partial charge in [-0.3, -0.25) is 0 Å². The molecule has 0 fully saturated rings. The topological polar surface area (TPSA) is 57.6 Å². The van der Waals surface area contributed by atoms with Crippen molar-refractivity contribution in [2.45, 2.75) is 24.7 Å². The second-order valence-electron chi connectivity index (χ2n) is 4.06. The van der Waals surface area contributed by atoms with E-state index in [9.17, 15) is 12.8 Å². The highest BCUT2D eigenvalue weighted by Gasteiger charge is 2.26. The molecule has 0 aliphatic carbocycles. The van der Waals surface area contributed by atoms with Gasteiger partial charge >= 0.3 is 0 Å². The Balaban J connectivity index is 3.14. The number of aliphatic hydroxyl groups excluding tert-OH is 1. The minimum Gasteiger partial charge on any atom is -0.395 e. The fourth-order valence-corrected chi connectivity index (χ4v) is 3.57.